The van der Waals surface area contributed by atoms with Crippen molar-refractivity contribution in [2.45, 2.75) is 37.9 Å². The Bertz CT molecular complexity index is 366. The fourth-order valence-electron chi connectivity index (χ4n) is 2.99. The SMILES string of the molecule is Clc1ccc(CNCC2CC3CCC2N3)s1. The molecular weight excluding hydrogens is 240 g/mol. The summed E-state index contributed by atoms with van der Waals surface area (Å²) in [7, 11) is 0. The van der Waals surface area contributed by atoms with Gasteiger partial charge in [-0.2, -0.15) is 0 Å². The van der Waals surface area contributed by atoms with Crippen molar-refractivity contribution in [1.29, 1.82) is 0 Å². The highest BCUT2D eigenvalue weighted by Crippen LogP contribution is 2.32. The van der Waals surface area contributed by atoms with Crippen LogP contribution in [0.3, 0.4) is 0 Å². The van der Waals surface area contributed by atoms with Gasteiger partial charge in [0.2, 0.25) is 0 Å². The van der Waals surface area contributed by atoms with Gasteiger partial charge in [-0.15, -0.1) is 11.3 Å². The minimum Gasteiger partial charge on any atom is -0.312 e. The molecule has 88 valence electrons. The molecule has 2 N–H and O–H groups in total. The third-order valence-electron chi connectivity index (χ3n) is 3.77. The molecule has 2 bridgehead atoms. The molecule has 16 heavy (non-hydrogen) atoms. The van der Waals surface area contributed by atoms with Gasteiger partial charge < -0.3 is 10.6 Å². The molecule has 0 aromatic carbocycles. The van der Waals surface area contributed by atoms with E-state index >= 15 is 0 Å². The molecule has 0 aliphatic carbocycles. The molecule has 0 saturated carbocycles. The Labute approximate surface area is 105 Å². The molecule has 2 nitrogen and oxygen atoms in total. The second-order valence-electron chi connectivity index (χ2n) is 4.88. The van der Waals surface area contributed by atoms with Crippen LogP contribution in [0.25, 0.3) is 0 Å². The molecule has 2 fully saturated rings. The lowest BCUT2D eigenvalue weighted by atomic mass is 9.89. The van der Waals surface area contributed by atoms with Gasteiger partial charge in [0.05, 0.1) is 4.34 Å². The van der Waals surface area contributed by atoms with E-state index in [4.69, 9.17) is 11.6 Å². The molecular formula is C12H17ClN2S. The standard InChI is InChI=1S/C12H17ClN2S/c13-12-4-2-10(16-12)7-14-6-8-5-9-1-3-11(8)15-9/h2,4,8-9,11,14-15H,1,3,5-7H2. The van der Waals surface area contributed by atoms with Crippen LogP contribution in [0.15, 0.2) is 12.1 Å². The highest BCUT2D eigenvalue weighted by molar-refractivity contribution is 7.16. The number of rotatable bonds is 4. The minimum atomic E-state index is 0.782. The van der Waals surface area contributed by atoms with Crippen molar-refractivity contribution in [3.8, 4) is 0 Å². The Morgan fingerprint density at radius 1 is 1.44 bits per heavy atom. The lowest BCUT2D eigenvalue weighted by Gasteiger charge is -2.20. The summed E-state index contributed by atoms with van der Waals surface area (Å²) in [6.45, 7) is 2.11. The van der Waals surface area contributed by atoms with Gasteiger partial charge in [0, 0.05) is 23.5 Å². The van der Waals surface area contributed by atoms with E-state index in [0.717, 1.165) is 35.4 Å². The number of hydrogen-bond donors (Lipinski definition) is 2. The Morgan fingerprint density at radius 3 is 3.00 bits per heavy atom. The molecule has 0 spiro atoms. The summed E-state index contributed by atoms with van der Waals surface area (Å²) >= 11 is 7.57. The van der Waals surface area contributed by atoms with E-state index < -0.39 is 0 Å². The zero-order valence-electron chi connectivity index (χ0n) is 9.21. The maximum atomic E-state index is 5.90. The topological polar surface area (TPSA) is 24.1 Å². The number of hydrogen-bond acceptors (Lipinski definition) is 3. The Morgan fingerprint density at radius 2 is 2.38 bits per heavy atom. The molecule has 3 heterocycles. The van der Waals surface area contributed by atoms with E-state index in [1.165, 1.54) is 24.1 Å². The second-order valence-corrected chi connectivity index (χ2v) is 6.68. The Hall–Kier alpha value is -0.0900. The maximum Gasteiger partial charge on any atom is 0.0931 e. The molecule has 1 aromatic rings. The summed E-state index contributed by atoms with van der Waals surface area (Å²) in [4.78, 5) is 1.33. The molecule has 4 heteroatoms. The zero-order valence-corrected chi connectivity index (χ0v) is 10.8. The summed E-state index contributed by atoms with van der Waals surface area (Å²) < 4.78 is 0.887. The first-order valence-electron chi connectivity index (χ1n) is 6.02. The van der Waals surface area contributed by atoms with Crippen molar-refractivity contribution in [3.05, 3.63) is 21.3 Å². The predicted molar refractivity (Wildman–Crippen MR) is 69.1 cm³/mol. The van der Waals surface area contributed by atoms with Crippen LogP contribution >= 0.6 is 22.9 Å². The molecule has 2 aliphatic heterocycles. The van der Waals surface area contributed by atoms with Crippen LogP contribution in [0.5, 0.6) is 0 Å². The largest absolute Gasteiger partial charge is 0.312 e. The van der Waals surface area contributed by atoms with Gasteiger partial charge in [0.15, 0.2) is 0 Å². The van der Waals surface area contributed by atoms with Gasteiger partial charge in [-0.1, -0.05) is 11.6 Å². The molecule has 0 amide bonds. The lowest BCUT2D eigenvalue weighted by Crippen LogP contribution is -2.31. The van der Waals surface area contributed by atoms with Gasteiger partial charge in [-0.25, -0.2) is 0 Å². The fraction of sp³-hybridized carbons (Fsp3) is 0.667. The van der Waals surface area contributed by atoms with Crippen LogP contribution in [-0.2, 0) is 6.54 Å². The maximum absolute atomic E-state index is 5.90. The molecule has 3 rings (SSSR count). The molecule has 2 aliphatic rings. The summed E-state index contributed by atoms with van der Waals surface area (Å²) in [5, 5.41) is 7.23. The zero-order chi connectivity index (χ0) is 11.0. The number of nitrogens with one attached hydrogen (secondary N) is 2. The van der Waals surface area contributed by atoms with Crippen molar-refractivity contribution < 1.29 is 0 Å². The normalized spacial score (nSPS) is 32.4. The van der Waals surface area contributed by atoms with Gasteiger partial charge >= 0.3 is 0 Å². The number of halogens is 1. The van der Waals surface area contributed by atoms with Crippen LogP contribution in [-0.4, -0.2) is 18.6 Å². The molecule has 3 unspecified atom stereocenters. The van der Waals surface area contributed by atoms with Crippen LogP contribution in [0.4, 0.5) is 0 Å². The molecule has 1 aromatic heterocycles. The van der Waals surface area contributed by atoms with Gasteiger partial charge in [-0.05, 0) is 43.9 Å². The van der Waals surface area contributed by atoms with Crippen molar-refractivity contribution in [2.24, 2.45) is 5.92 Å². The molecule has 2 saturated heterocycles. The highest BCUT2D eigenvalue weighted by Gasteiger charge is 2.38. The Balaban J connectivity index is 1.44. The number of fused-ring (bicyclic) bond motifs is 2. The van der Waals surface area contributed by atoms with E-state index in [1.54, 1.807) is 11.3 Å². The van der Waals surface area contributed by atoms with Crippen LogP contribution < -0.4 is 10.6 Å². The smallest absolute Gasteiger partial charge is 0.0931 e. The van der Waals surface area contributed by atoms with Crippen LogP contribution in [0.2, 0.25) is 4.34 Å². The van der Waals surface area contributed by atoms with Gasteiger partial charge in [0.25, 0.3) is 0 Å². The first-order valence-corrected chi connectivity index (χ1v) is 7.21. The lowest BCUT2D eigenvalue weighted by molar-refractivity contribution is 0.383. The summed E-state index contributed by atoms with van der Waals surface area (Å²) in [6, 6.07) is 5.68. The monoisotopic (exact) mass is 256 g/mol. The quantitative estimate of drug-likeness (QED) is 0.866. The summed E-state index contributed by atoms with van der Waals surface area (Å²) in [5.41, 5.74) is 0. The number of thiophene rings is 1. The first kappa shape index (κ1) is 11.0. The van der Waals surface area contributed by atoms with E-state index in [9.17, 15) is 0 Å². The van der Waals surface area contributed by atoms with Crippen molar-refractivity contribution >= 4 is 22.9 Å². The van der Waals surface area contributed by atoms with E-state index in [-0.39, 0.29) is 0 Å². The third-order valence-corrected chi connectivity index (χ3v) is 5.00. The summed E-state index contributed by atoms with van der Waals surface area (Å²) in [5.74, 6) is 0.842. The fourth-order valence-corrected chi connectivity index (χ4v) is 4.05. The van der Waals surface area contributed by atoms with E-state index in [1.807, 2.05) is 6.07 Å². The minimum absolute atomic E-state index is 0.782. The predicted octanol–water partition coefficient (Wildman–Crippen LogP) is 2.63. The highest BCUT2D eigenvalue weighted by atomic mass is 35.5. The van der Waals surface area contributed by atoms with Crippen molar-refractivity contribution in [3.63, 3.8) is 0 Å². The molecule has 3 atom stereocenters. The van der Waals surface area contributed by atoms with Crippen molar-refractivity contribution in [2.75, 3.05) is 6.54 Å². The second kappa shape index (κ2) is 4.65. The first-order chi connectivity index (χ1) is 7.81. The Kier molecular flexibility index (Phi) is 3.20. The van der Waals surface area contributed by atoms with E-state index in [2.05, 4.69) is 16.7 Å². The average molecular weight is 257 g/mol. The van der Waals surface area contributed by atoms with E-state index in [0.29, 0.717) is 0 Å². The van der Waals surface area contributed by atoms with Crippen LogP contribution in [0, 0.1) is 5.92 Å². The average Bonchev–Trinajstić information content (AvgIpc) is 2.94. The van der Waals surface area contributed by atoms with Gasteiger partial charge in [-0.3, -0.25) is 0 Å². The summed E-state index contributed by atoms with van der Waals surface area (Å²) in [6.07, 6.45) is 4.13. The van der Waals surface area contributed by atoms with Crippen molar-refractivity contribution in [1.82, 2.24) is 10.6 Å². The van der Waals surface area contributed by atoms with Crippen LogP contribution in [0.1, 0.15) is 24.1 Å². The molecule has 0 radical (unpaired) electrons. The third kappa shape index (κ3) is 2.28. The van der Waals surface area contributed by atoms with Gasteiger partial charge in [0.1, 0.15) is 0 Å².